The van der Waals surface area contributed by atoms with Gasteiger partial charge in [0.25, 0.3) is 0 Å². The fourth-order valence-electron chi connectivity index (χ4n) is 8.28. The fourth-order valence-corrected chi connectivity index (χ4v) is 9.44. The molecule has 0 atom stereocenters. The standard InChI is InChI=1S/C48H30N2S/c1-3-12-31(13-4-1)33-24-27-35(28-25-33)49(42-21-11-23-44-46(42)40-29-26-34(30-45(40)51-44)32-14-5-2-6-15-32)43-22-10-19-39-38-18-9-17-37-36-16-7-8-20-41(36)50(47(37)38)48(39)43/h1-30H. The van der Waals surface area contributed by atoms with Gasteiger partial charge in [-0.3, -0.25) is 0 Å². The average molecular weight is 667 g/mol. The zero-order valence-electron chi connectivity index (χ0n) is 27.6. The van der Waals surface area contributed by atoms with Gasteiger partial charge in [-0.05, 0) is 64.7 Å². The third-order valence-corrected chi connectivity index (χ3v) is 11.6. The van der Waals surface area contributed by atoms with Crippen LogP contribution in [0.3, 0.4) is 0 Å². The third-order valence-electron chi connectivity index (χ3n) is 10.5. The molecule has 51 heavy (non-hydrogen) atoms. The summed E-state index contributed by atoms with van der Waals surface area (Å²) in [5.74, 6) is 0. The molecule has 8 aromatic carbocycles. The highest BCUT2D eigenvalue weighted by Gasteiger charge is 2.25. The summed E-state index contributed by atoms with van der Waals surface area (Å²) in [5, 5.41) is 7.69. The average Bonchev–Trinajstić information content (AvgIpc) is 3.86. The molecule has 0 bridgehead atoms. The number of benzene rings is 8. The van der Waals surface area contributed by atoms with Crippen molar-refractivity contribution in [3.63, 3.8) is 0 Å². The van der Waals surface area contributed by atoms with Gasteiger partial charge in [-0.2, -0.15) is 0 Å². The summed E-state index contributed by atoms with van der Waals surface area (Å²) >= 11 is 1.87. The predicted octanol–water partition coefficient (Wildman–Crippen LogP) is 14.0. The molecule has 0 amide bonds. The Bertz CT molecular complexity index is 3060. The first kappa shape index (κ1) is 28.4. The zero-order chi connectivity index (χ0) is 33.5. The highest BCUT2D eigenvalue weighted by molar-refractivity contribution is 7.26. The van der Waals surface area contributed by atoms with E-state index < -0.39 is 0 Å². The third kappa shape index (κ3) is 4.22. The second kappa shape index (κ2) is 11.0. The van der Waals surface area contributed by atoms with Crippen LogP contribution in [0.2, 0.25) is 0 Å². The topological polar surface area (TPSA) is 7.65 Å². The van der Waals surface area contributed by atoms with E-state index in [4.69, 9.17) is 0 Å². The lowest BCUT2D eigenvalue weighted by Gasteiger charge is -2.27. The first-order chi connectivity index (χ1) is 25.3. The van der Waals surface area contributed by atoms with E-state index in [0.29, 0.717) is 0 Å². The van der Waals surface area contributed by atoms with Crippen molar-refractivity contribution in [3.8, 4) is 22.3 Å². The number of thiophene rings is 1. The molecule has 0 aliphatic heterocycles. The van der Waals surface area contributed by atoms with Crippen LogP contribution in [0.4, 0.5) is 17.1 Å². The van der Waals surface area contributed by atoms with Crippen molar-refractivity contribution in [2.75, 3.05) is 4.90 Å². The van der Waals surface area contributed by atoms with Gasteiger partial charge in [0.1, 0.15) is 0 Å². The molecule has 2 nitrogen and oxygen atoms in total. The molecule has 0 saturated carbocycles. The summed E-state index contributed by atoms with van der Waals surface area (Å²) in [5.41, 5.74) is 12.1. The lowest BCUT2D eigenvalue weighted by molar-refractivity contribution is 1.28. The second-order valence-corrected chi connectivity index (χ2v) is 14.4. The minimum absolute atomic E-state index is 1.12. The molecule has 0 radical (unpaired) electrons. The van der Waals surface area contributed by atoms with Crippen LogP contribution in [0.1, 0.15) is 0 Å². The summed E-state index contributed by atoms with van der Waals surface area (Å²) < 4.78 is 5.08. The maximum atomic E-state index is 2.51. The van der Waals surface area contributed by atoms with Crippen molar-refractivity contribution in [3.05, 3.63) is 182 Å². The molecule has 11 rings (SSSR count). The van der Waals surface area contributed by atoms with Crippen molar-refractivity contribution in [2.45, 2.75) is 0 Å². The molecule has 3 heteroatoms. The molecule has 3 heterocycles. The van der Waals surface area contributed by atoms with Gasteiger partial charge in [-0.15, -0.1) is 11.3 Å². The smallest absolute Gasteiger partial charge is 0.0782 e. The highest BCUT2D eigenvalue weighted by atomic mass is 32.1. The Balaban J connectivity index is 1.22. The van der Waals surface area contributed by atoms with E-state index in [1.54, 1.807) is 0 Å². The van der Waals surface area contributed by atoms with Gasteiger partial charge in [-0.25, -0.2) is 0 Å². The number of anilines is 3. The van der Waals surface area contributed by atoms with Crippen LogP contribution in [0.25, 0.3) is 80.5 Å². The van der Waals surface area contributed by atoms with E-state index in [1.165, 1.54) is 86.2 Å². The second-order valence-electron chi connectivity index (χ2n) is 13.3. The molecule has 0 aliphatic rings. The highest BCUT2D eigenvalue weighted by Crippen LogP contribution is 2.49. The molecule has 0 spiro atoms. The maximum Gasteiger partial charge on any atom is 0.0782 e. The molecule has 3 aromatic heterocycles. The first-order valence-corrected chi connectivity index (χ1v) is 18.3. The van der Waals surface area contributed by atoms with Crippen LogP contribution in [0, 0.1) is 0 Å². The summed E-state index contributed by atoms with van der Waals surface area (Å²) in [7, 11) is 0. The molecule has 11 aromatic rings. The number of hydrogen-bond acceptors (Lipinski definition) is 2. The van der Waals surface area contributed by atoms with Gasteiger partial charge in [0.05, 0.1) is 27.9 Å². The van der Waals surface area contributed by atoms with Crippen molar-refractivity contribution in [2.24, 2.45) is 0 Å². The number of fused-ring (bicyclic) bond motifs is 9. The zero-order valence-corrected chi connectivity index (χ0v) is 28.4. The summed E-state index contributed by atoms with van der Waals surface area (Å²) in [6.07, 6.45) is 0. The minimum Gasteiger partial charge on any atom is -0.308 e. The van der Waals surface area contributed by atoms with E-state index in [0.717, 1.165) is 11.4 Å². The lowest BCUT2D eigenvalue weighted by atomic mass is 10.0. The molecule has 238 valence electrons. The number of para-hydroxylation sites is 3. The summed E-state index contributed by atoms with van der Waals surface area (Å²) in [6.45, 7) is 0. The van der Waals surface area contributed by atoms with Gasteiger partial charge in [-0.1, -0.05) is 140 Å². The Morgan fingerprint density at radius 2 is 0.941 bits per heavy atom. The molecule has 0 fully saturated rings. The minimum atomic E-state index is 1.12. The number of nitrogens with zero attached hydrogens (tertiary/aromatic N) is 2. The van der Waals surface area contributed by atoms with Crippen LogP contribution >= 0.6 is 11.3 Å². The number of hydrogen-bond donors (Lipinski definition) is 0. The largest absolute Gasteiger partial charge is 0.308 e. The Morgan fingerprint density at radius 3 is 1.73 bits per heavy atom. The van der Waals surface area contributed by atoms with Gasteiger partial charge >= 0.3 is 0 Å². The van der Waals surface area contributed by atoms with Crippen molar-refractivity contribution < 1.29 is 0 Å². The molecule has 0 saturated heterocycles. The van der Waals surface area contributed by atoms with Crippen LogP contribution in [-0.4, -0.2) is 4.40 Å². The molecule has 0 N–H and O–H groups in total. The lowest BCUT2D eigenvalue weighted by Crippen LogP contribution is -2.11. The number of rotatable bonds is 5. The van der Waals surface area contributed by atoms with Crippen molar-refractivity contribution in [1.82, 2.24) is 4.40 Å². The monoisotopic (exact) mass is 666 g/mol. The Kier molecular flexibility index (Phi) is 6.16. The number of aromatic nitrogens is 1. The molecule has 0 unspecified atom stereocenters. The van der Waals surface area contributed by atoms with Crippen LogP contribution < -0.4 is 4.90 Å². The van der Waals surface area contributed by atoms with E-state index >= 15 is 0 Å². The van der Waals surface area contributed by atoms with Gasteiger partial charge in [0.2, 0.25) is 0 Å². The van der Waals surface area contributed by atoms with Crippen LogP contribution in [-0.2, 0) is 0 Å². The van der Waals surface area contributed by atoms with Crippen LogP contribution in [0.5, 0.6) is 0 Å². The fraction of sp³-hybridized carbons (Fsp3) is 0. The van der Waals surface area contributed by atoms with E-state index in [9.17, 15) is 0 Å². The molecule has 0 aliphatic carbocycles. The summed E-state index contributed by atoms with van der Waals surface area (Å²) in [6, 6.07) is 66.6. The predicted molar refractivity (Wildman–Crippen MR) is 220 cm³/mol. The SMILES string of the molecule is c1ccc(-c2ccc(N(c3cccc4sc5cc(-c6ccccc6)ccc5c34)c3cccc4c5cccc6c7ccccc7n(c34)c65)cc2)cc1. The van der Waals surface area contributed by atoms with Crippen molar-refractivity contribution in [1.29, 1.82) is 0 Å². The Labute approximate surface area is 299 Å². The van der Waals surface area contributed by atoms with Gasteiger partial charge in [0.15, 0.2) is 0 Å². The summed E-state index contributed by atoms with van der Waals surface area (Å²) in [4.78, 5) is 2.50. The quantitative estimate of drug-likeness (QED) is 0.177. The first-order valence-electron chi connectivity index (χ1n) is 17.4. The van der Waals surface area contributed by atoms with Gasteiger partial charge in [0, 0.05) is 47.4 Å². The Morgan fingerprint density at radius 1 is 0.373 bits per heavy atom. The molecular weight excluding hydrogens is 637 g/mol. The Hall–Kier alpha value is -6.42. The van der Waals surface area contributed by atoms with E-state index in [2.05, 4.69) is 191 Å². The maximum absolute atomic E-state index is 2.51. The van der Waals surface area contributed by atoms with E-state index in [-0.39, 0.29) is 0 Å². The normalized spacial score (nSPS) is 11.9. The molecular formula is C48H30N2S. The van der Waals surface area contributed by atoms with Crippen molar-refractivity contribution >= 4 is 86.7 Å². The van der Waals surface area contributed by atoms with Crippen LogP contribution in [0.15, 0.2) is 182 Å². The van der Waals surface area contributed by atoms with Gasteiger partial charge < -0.3 is 9.30 Å². The van der Waals surface area contributed by atoms with E-state index in [1.807, 2.05) is 11.3 Å².